The minimum atomic E-state index is -4.87. The molecule has 0 spiro atoms. The Morgan fingerprint density at radius 2 is 1.95 bits per heavy atom. The molecule has 0 fully saturated rings. The number of nitrogen functional groups attached to an aromatic ring is 1. The largest absolute Gasteiger partial charge is 0.573 e. The number of thiol groups is 1. The summed E-state index contributed by atoms with van der Waals surface area (Å²) >= 11 is 3.90. The Balaban J connectivity index is 2.95. The fraction of sp³-hybridized carbons (Fsp3) is 0.455. The van der Waals surface area contributed by atoms with Crippen LogP contribution in [0.5, 0.6) is 5.75 Å². The summed E-state index contributed by atoms with van der Waals surface area (Å²) in [6.07, 6.45) is -7.13. The van der Waals surface area contributed by atoms with Gasteiger partial charge in [0.25, 0.3) is 0 Å². The minimum absolute atomic E-state index is 0.0859. The molecule has 0 amide bonds. The van der Waals surface area contributed by atoms with E-state index in [1.807, 2.05) is 0 Å². The summed E-state index contributed by atoms with van der Waals surface area (Å²) in [7, 11) is 0. The number of nitrogens with two attached hydrogens (primary N) is 1. The molecule has 0 aliphatic heterocycles. The molecule has 0 bridgehead atoms. The van der Waals surface area contributed by atoms with Gasteiger partial charge in [-0.15, -0.1) is 13.2 Å². The van der Waals surface area contributed by atoms with Gasteiger partial charge < -0.3 is 20.7 Å². The fourth-order valence-electron chi connectivity index (χ4n) is 1.46. The Morgan fingerprint density at radius 1 is 1.32 bits per heavy atom. The smallest absolute Gasteiger partial charge is 0.404 e. The van der Waals surface area contributed by atoms with Crippen molar-refractivity contribution in [2.45, 2.75) is 25.0 Å². The van der Waals surface area contributed by atoms with Crippen molar-refractivity contribution in [1.82, 2.24) is 0 Å². The first kappa shape index (κ1) is 15.9. The third-order valence-electron chi connectivity index (χ3n) is 2.39. The fourth-order valence-corrected chi connectivity index (χ4v) is 1.72. The topological polar surface area (TPSA) is 75.7 Å². The van der Waals surface area contributed by atoms with Gasteiger partial charge in [-0.1, -0.05) is 6.07 Å². The van der Waals surface area contributed by atoms with Gasteiger partial charge in [0, 0.05) is 0 Å². The minimum Gasteiger partial charge on any atom is -0.404 e. The van der Waals surface area contributed by atoms with Gasteiger partial charge in [0.1, 0.15) is 6.10 Å². The Hall–Kier alpha value is -1.12. The number of anilines is 1. The molecular weight excluding hydrogens is 283 g/mol. The van der Waals surface area contributed by atoms with E-state index < -0.39 is 24.3 Å². The first-order valence-corrected chi connectivity index (χ1v) is 6.00. The molecule has 0 aliphatic carbocycles. The number of aliphatic hydroxyl groups excluding tert-OH is 2. The molecule has 2 atom stereocenters. The molecule has 0 heterocycles. The van der Waals surface area contributed by atoms with Crippen molar-refractivity contribution in [3.8, 4) is 5.75 Å². The molecule has 1 rings (SSSR count). The van der Waals surface area contributed by atoms with Crippen LogP contribution in [-0.4, -0.2) is 28.4 Å². The number of hydrogen-bond donors (Lipinski definition) is 4. The zero-order valence-corrected chi connectivity index (χ0v) is 10.7. The zero-order chi connectivity index (χ0) is 14.6. The van der Waals surface area contributed by atoms with Gasteiger partial charge in [0.2, 0.25) is 0 Å². The molecule has 19 heavy (non-hydrogen) atoms. The van der Waals surface area contributed by atoms with Crippen LogP contribution in [0.25, 0.3) is 0 Å². The van der Waals surface area contributed by atoms with E-state index in [1.54, 1.807) is 0 Å². The van der Waals surface area contributed by atoms with Crippen LogP contribution in [0, 0.1) is 0 Å². The van der Waals surface area contributed by atoms with Gasteiger partial charge >= 0.3 is 6.36 Å². The summed E-state index contributed by atoms with van der Waals surface area (Å²) in [5.74, 6) is -0.277. The number of rotatable bonds is 5. The van der Waals surface area contributed by atoms with Crippen molar-refractivity contribution < 1.29 is 28.1 Å². The highest BCUT2D eigenvalue weighted by molar-refractivity contribution is 7.80. The lowest BCUT2D eigenvalue weighted by atomic mass is 10.0. The van der Waals surface area contributed by atoms with E-state index in [9.17, 15) is 23.4 Å². The monoisotopic (exact) mass is 297 g/mol. The lowest BCUT2D eigenvalue weighted by Crippen LogP contribution is -2.20. The second-order valence-electron chi connectivity index (χ2n) is 3.87. The van der Waals surface area contributed by atoms with Crippen LogP contribution in [-0.2, 0) is 0 Å². The van der Waals surface area contributed by atoms with Gasteiger partial charge in [0.15, 0.2) is 5.75 Å². The van der Waals surface area contributed by atoms with Gasteiger partial charge in [-0.05, 0) is 29.9 Å². The predicted molar refractivity (Wildman–Crippen MR) is 67.0 cm³/mol. The van der Waals surface area contributed by atoms with Gasteiger partial charge in [-0.3, -0.25) is 0 Å². The predicted octanol–water partition coefficient (Wildman–Crippen LogP) is 1.88. The van der Waals surface area contributed by atoms with Gasteiger partial charge in [-0.2, -0.15) is 12.6 Å². The molecule has 108 valence electrons. The first-order valence-electron chi connectivity index (χ1n) is 5.36. The SMILES string of the molecule is Nc1ccc(C(O)C(O)CCS)cc1OC(F)(F)F. The van der Waals surface area contributed by atoms with Crippen molar-refractivity contribution in [3.05, 3.63) is 23.8 Å². The molecule has 1 aromatic rings. The van der Waals surface area contributed by atoms with Crippen molar-refractivity contribution in [2.24, 2.45) is 0 Å². The van der Waals surface area contributed by atoms with Gasteiger partial charge in [-0.25, -0.2) is 0 Å². The summed E-state index contributed by atoms with van der Waals surface area (Å²) in [5, 5.41) is 19.3. The molecule has 1 aromatic carbocycles. The van der Waals surface area contributed by atoms with Gasteiger partial charge in [0.05, 0.1) is 11.8 Å². The van der Waals surface area contributed by atoms with Crippen LogP contribution in [0.2, 0.25) is 0 Å². The summed E-state index contributed by atoms with van der Waals surface area (Å²) in [6, 6.07) is 3.45. The molecule has 2 unspecified atom stereocenters. The molecule has 4 nitrogen and oxygen atoms in total. The van der Waals surface area contributed by atoms with E-state index in [1.165, 1.54) is 12.1 Å². The van der Waals surface area contributed by atoms with Crippen molar-refractivity contribution >= 4 is 18.3 Å². The number of ether oxygens (including phenoxy) is 1. The third kappa shape index (κ3) is 4.81. The maximum absolute atomic E-state index is 12.1. The number of benzene rings is 1. The average molecular weight is 297 g/mol. The normalized spacial score (nSPS) is 15.1. The Labute approximate surface area is 113 Å². The molecule has 0 aromatic heterocycles. The van der Waals surface area contributed by atoms with Crippen LogP contribution < -0.4 is 10.5 Å². The standard InChI is InChI=1S/C11H14F3NO3S/c12-11(13,14)18-9-5-6(1-2-7(9)15)10(17)8(16)3-4-19/h1-2,5,8,10,16-17,19H,3-4,15H2. The number of hydrogen-bond acceptors (Lipinski definition) is 5. The molecule has 0 saturated carbocycles. The summed E-state index contributed by atoms with van der Waals surface area (Å²) in [6.45, 7) is 0. The Kier molecular flexibility index (Phi) is 5.33. The van der Waals surface area contributed by atoms with Crippen molar-refractivity contribution in [2.75, 3.05) is 11.5 Å². The summed E-state index contributed by atoms with van der Waals surface area (Å²) < 4.78 is 40.1. The van der Waals surface area contributed by atoms with Crippen LogP contribution in [0.3, 0.4) is 0 Å². The molecule has 0 saturated heterocycles. The van der Waals surface area contributed by atoms with E-state index in [-0.39, 0.29) is 17.7 Å². The number of alkyl halides is 3. The van der Waals surface area contributed by atoms with Crippen LogP contribution in [0.4, 0.5) is 18.9 Å². The molecular formula is C11H14F3NO3S. The highest BCUT2D eigenvalue weighted by atomic mass is 32.1. The number of halogens is 3. The van der Waals surface area contributed by atoms with E-state index in [0.29, 0.717) is 5.75 Å². The maximum atomic E-state index is 12.1. The Bertz CT molecular complexity index is 428. The van der Waals surface area contributed by atoms with Crippen molar-refractivity contribution in [3.63, 3.8) is 0 Å². The molecule has 8 heteroatoms. The molecule has 4 N–H and O–H groups in total. The van der Waals surface area contributed by atoms with Crippen molar-refractivity contribution in [1.29, 1.82) is 0 Å². The van der Waals surface area contributed by atoms with Crippen LogP contribution in [0.1, 0.15) is 18.1 Å². The summed E-state index contributed by atoms with van der Waals surface area (Å²) in [5.41, 5.74) is 5.22. The Morgan fingerprint density at radius 3 is 2.47 bits per heavy atom. The lowest BCUT2D eigenvalue weighted by molar-refractivity contribution is -0.274. The van der Waals surface area contributed by atoms with E-state index >= 15 is 0 Å². The average Bonchev–Trinajstić information content (AvgIpc) is 2.29. The second-order valence-corrected chi connectivity index (χ2v) is 4.32. The zero-order valence-electron chi connectivity index (χ0n) is 9.76. The highest BCUT2D eigenvalue weighted by Crippen LogP contribution is 2.32. The maximum Gasteiger partial charge on any atom is 0.573 e. The highest BCUT2D eigenvalue weighted by Gasteiger charge is 2.32. The van der Waals surface area contributed by atoms with E-state index in [0.717, 1.165) is 6.07 Å². The quantitative estimate of drug-likeness (QED) is 0.494. The molecule has 0 aliphatic rings. The first-order chi connectivity index (χ1) is 8.74. The van der Waals surface area contributed by atoms with E-state index in [4.69, 9.17) is 5.73 Å². The summed E-state index contributed by atoms with van der Waals surface area (Å²) in [4.78, 5) is 0. The second kappa shape index (κ2) is 6.36. The number of aliphatic hydroxyl groups is 2. The van der Waals surface area contributed by atoms with E-state index in [2.05, 4.69) is 17.4 Å². The lowest BCUT2D eigenvalue weighted by Gasteiger charge is -2.19. The van der Waals surface area contributed by atoms with Crippen LogP contribution in [0.15, 0.2) is 18.2 Å². The third-order valence-corrected chi connectivity index (χ3v) is 2.65. The van der Waals surface area contributed by atoms with Crippen LogP contribution >= 0.6 is 12.6 Å². The molecule has 0 radical (unpaired) electrons.